The molecule has 1 rings (SSSR count). The molecular formula is C16H26O5. The Morgan fingerprint density at radius 1 is 1.14 bits per heavy atom. The van der Waals surface area contributed by atoms with Gasteiger partial charge < -0.3 is 15.3 Å². The van der Waals surface area contributed by atoms with Crippen molar-refractivity contribution in [1.82, 2.24) is 0 Å². The smallest absolute Gasteiger partial charge is 0.303 e. The Labute approximate surface area is 125 Å². The van der Waals surface area contributed by atoms with E-state index in [-0.39, 0.29) is 30.5 Å². The van der Waals surface area contributed by atoms with Crippen LogP contribution < -0.4 is 0 Å². The summed E-state index contributed by atoms with van der Waals surface area (Å²) in [6, 6.07) is 0. The molecule has 5 nitrogen and oxygen atoms in total. The zero-order valence-electron chi connectivity index (χ0n) is 12.6. The van der Waals surface area contributed by atoms with Crippen molar-refractivity contribution in [3.8, 4) is 0 Å². The van der Waals surface area contributed by atoms with Gasteiger partial charge in [-0.15, -0.1) is 0 Å². The Bertz CT molecular complexity index is 377. The lowest BCUT2D eigenvalue weighted by atomic mass is 9.89. The highest BCUT2D eigenvalue weighted by molar-refractivity contribution is 5.89. The first-order chi connectivity index (χ1) is 9.95. The van der Waals surface area contributed by atoms with Crippen LogP contribution >= 0.6 is 0 Å². The lowest BCUT2D eigenvalue weighted by Crippen LogP contribution is -2.21. The summed E-state index contributed by atoms with van der Waals surface area (Å²) in [6.07, 6.45) is 5.67. The molecule has 1 aliphatic carbocycles. The first kappa shape index (κ1) is 17.9. The van der Waals surface area contributed by atoms with E-state index in [9.17, 15) is 19.8 Å². The molecule has 0 aromatic carbocycles. The van der Waals surface area contributed by atoms with Crippen LogP contribution in [-0.4, -0.2) is 39.3 Å². The number of unbranched alkanes of at least 4 members (excludes halogenated alkanes) is 2. The number of hydrogen-bond donors (Lipinski definition) is 3. The lowest BCUT2D eigenvalue weighted by molar-refractivity contribution is -0.137. The van der Waals surface area contributed by atoms with Crippen molar-refractivity contribution in [3.63, 3.8) is 0 Å². The van der Waals surface area contributed by atoms with E-state index in [0.717, 1.165) is 19.3 Å². The van der Waals surface area contributed by atoms with Gasteiger partial charge in [0.05, 0.1) is 12.2 Å². The quantitative estimate of drug-likeness (QED) is 0.446. The van der Waals surface area contributed by atoms with E-state index in [1.165, 1.54) is 6.08 Å². The molecule has 1 fully saturated rings. The van der Waals surface area contributed by atoms with Gasteiger partial charge in [0, 0.05) is 25.2 Å². The summed E-state index contributed by atoms with van der Waals surface area (Å²) in [6.45, 7) is 2.07. The number of allylic oxidation sites excluding steroid dienone is 1. The van der Waals surface area contributed by atoms with Crippen LogP contribution in [0.4, 0.5) is 0 Å². The van der Waals surface area contributed by atoms with E-state index in [2.05, 4.69) is 6.92 Å². The fourth-order valence-electron chi connectivity index (χ4n) is 2.92. The molecule has 0 bridgehead atoms. The van der Waals surface area contributed by atoms with Gasteiger partial charge in [0.1, 0.15) is 0 Å². The molecule has 1 saturated carbocycles. The van der Waals surface area contributed by atoms with Crippen LogP contribution in [-0.2, 0) is 9.59 Å². The predicted molar refractivity (Wildman–Crippen MR) is 78.8 cm³/mol. The van der Waals surface area contributed by atoms with Gasteiger partial charge in [0.2, 0.25) is 0 Å². The minimum Gasteiger partial charge on any atom is -0.481 e. The zero-order valence-corrected chi connectivity index (χ0v) is 12.6. The van der Waals surface area contributed by atoms with E-state index in [0.29, 0.717) is 12.8 Å². The molecule has 120 valence electrons. The molecule has 0 radical (unpaired) electrons. The van der Waals surface area contributed by atoms with E-state index < -0.39 is 18.2 Å². The molecule has 5 heteroatoms. The maximum Gasteiger partial charge on any atom is 0.303 e. The molecule has 0 amide bonds. The van der Waals surface area contributed by atoms with Crippen molar-refractivity contribution >= 4 is 11.8 Å². The molecule has 0 unspecified atom stereocenters. The van der Waals surface area contributed by atoms with Crippen molar-refractivity contribution in [2.45, 2.75) is 64.1 Å². The average Bonchev–Trinajstić information content (AvgIpc) is 2.68. The first-order valence-corrected chi connectivity index (χ1v) is 7.74. The van der Waals surface area contributed by atoms with Crippen LogP contribution in [0.2, 0.25) is 0 Å². The Balaban J connectivity index is 2.55. The van der Waals surface area contributed by atoms with Crippen molar-refractivity contribution in [3.05, 3.63) is 12.2 Å². The number of rotatable bonds is 9. The molecule has 0 aromatic rings. The molecule has 0 heterocycles. The van der Waals surface area contributed by atoms with Crippen LogP contribution in [0, 0.1) is 11.8 Å². The molecule has 0 saturated heterocycles. The van der Waals surface area contributed by atoms with E-state index >= 15 is 0 Å². The highest BCUT2D eigenvalue weighted by atomic mass is 16.4. The third kappa shape index (κ3) is 5.98. The molecule has 21 heavy (non-hydrogen) atoms. The standard InChI is InChI=1S/C16H26O5/c1-2-3-4-5-11(17)6-7-12-13(8-9-16(20)21)15(19)10-14(12)18/h6-7,12-15,18-19H,2-5,8-10H2,1H3,(H,20,21)/b7-6+/t12-,13-,14-,15+/m1/s1. The van der Waals surface area contributed by atoms with E-state index in [1.54, 1.807) is 6.08 Å². The Kier molecular flexibility index (Phi) is 7.61. The third-order valence-corrected chi connectivity index (χ3v) is 4.14. The Hall–Kier alpha value is -1.20. The van der Waals surface area contributed by atoms with Crippen LogP contribution in [0.15, 0.2) is 12.2 Å². The summed E-state index contributed by atoms with van der Waals surface area (Å²) in [7, 11) is 0. The minimum absolute atomic E-state index is 0.0222. The number of hydrogen-bond acceptors (Lipinski definition) is 4. The summed E-state index contributed by atoms with van der Waals surface area (Å²) in [5, 5.41) is 28.6. The second-order valence-electron chi connectivity index (χ2n) is 5.83. The first-order valence-electron chi connectivity index (χ1n) is 7.74. The third-order valence-electron chi connectivity index (χ3n) is 4.14. The summed E-state index contributed by atoms with van der Waals surface area (Å²) >= 11 is 0. The van der Waals surface area contributed by atoms with Gasteiger partial charge in [-0.05, 0) is 24.8 Å². The summed E-state index contributed by atoms with van der Waals surface area (Å²) in [4.78, 5) is 22.4. The van der Waals surface area contributed by atoms with Gasteiger partial charge in [0.25, 0.3) is 0 Å². The number of aliphatic hydroxyl groups is 2. The zero-order chi connectivity index (χ0) is 15.8. The summed E-state index contributed by atoms with van der Waals surface area (Å²) < 4.78 is 0. The van der Waals surface area contributed by atoms with Crippen LogP contribution in [0.5, 0.6) is 0 Å². The SMILES string of the molecule is CCCCCC(=O)/C=C/[C@@H]1[C@@H](CCC(=O)O)[C@@H](O)C[C@H]1O. The summed E-state index contributed by atoms with van der Waals surface area (Å²) in [5.74, 6) is -1.53. The largest absolute Gasteiger partial charge is 0.481 e. The fraction of sp³-hybridized carbons (Fsp3) is 0.750. The maximum atomic E-state index is 11.7. The number of aliphatic hydroxyl groups excluding tert-OH is 2. The highest BCUT2D eigenvalue weighted by Gasteiger charge is 2.40. The number of ketones is 1. The van der Waals surface area contributed by atoms with E-state index in [4.69, 9.17) is 5.11 Å². The van der Waals surface area contributed by atoms with Gasteiger partial charge in [-0.1, -0.05) is 25.8 Å². The monoisotopic (exact) mass is 298 g/mol. The van der Waals surface area contributed by atoms with Gasteiger partial charge >= 0.3 is 5.97 Å². The molecule has 1 aliphatic rings. The van der Waals surface area contributed by atoms with Gasteiger partial charge in [-0.3, -0.25) is 9.59 Å². The van der Waals surface area contributed by atoms with Gasteiger partial charge in [0.15, 0.2) is 5.78 Å². The topological polar surface area (TPSA) is 94.8 Å². The van der Waals surface area contributed by atoms with Crippen molar-refractivity contribution in [2.24, 2.45) is 11.8 Å². The molecular weight excluding hydrogens is 272 g/mol. The van der Waals surface area contributed by atoms with Gasteiger partial charge in [-0.2, -0.15) is 0 Å². The predicted octanol–water partition coefficient (Wildman–Crippen LogP) is 1.91. The summed E-state index contributed by atoms with van der Waals surface area (Å²) in [5.41, 5.74) is 0. The normalized spacial score (nSPS) is 29.1. The van der Waals surface area contributed by atoms with Crippen molar-refractivity contribution in [2.75, 3.05) is 0 Å². The fourth-order valence-corrected chi connectivity index (χ4v) is 2.92. The Morgan fingerprint density at radius 2 is 1.86 bits per heavy atom. The highest BCUT2D eigenvalue weighted by Crippen LogP contribution is 2.36. The van der Waals surface area contributed by atoms with Gasteiger partial charge in [-0.25, -0.2) is 0 Å². The number of carbonyl (C=O) groups is 2. The molecule has 4 atom stereocenters. The Morgan fingerprint density at radius 3 is 2.48 bits per heavy atom. The molecule has 0 aliphatic heterocycles. The molecule has 0 spiro atoms. The second kappa shape index (κ2) is 8.95. The van der Waals surface area contributed by atoms with Crippen molar-refractivity contribution < 1.29 is 24.9 Å². The number of carbonyl (C=O) groups excluding carboxylic acids is 1. The van der Waals surface area contributed by atoms with Crippen molar-refractivity contribution in [1.29, 1.82) is 0 Å². The van der Waals surface area contributed by atoms with Crippen LogP contribution in [0.25, 0.3) is 0 Å². The second-order valence-corrected chi connectivity index (χ2v) is 5.83. The van der Waals surface area contributed by atoms with Crippen LogP contribution in [0.3, 0.4) is 0 Å². The lowest BCUT2D eigenvalue weighted by Gasteiger charge is -2.19. The average molecular weight is 298 g/mol. The van der Waals surface area contributed by atoms with Crippen LogP contribution in [0.1, 0.15) is 51.9 Å². The maximum absolute atomic E-state index is 11.7. The number of aliphatic carboxylic acids is 1. The number of carboxylic acids is 1. The minimum atomic E-state index is -0.915. The number of carboxylic acid groups (broad SMARTS) is 1. The molecule has 3 N–H and O–H groups in total. The van der Waals surface area contributed by atoms with E-state index in [1.807, 2.05) is 0 Å². The molecule has 0 aromatic heterocycles.